The highest BCUT2D eigenvalue weighted by Crippen LogP contribution is 2.26. The maximum atomic E-state index is 13.3. The molecule has 0 atom stereocenters. The standard InChI is InChI=1S/C21H26ClN5O4S/c22-17-7-6-8-18(15-17)27-21(28)20-19(16-23-27)25-10-12-26(13-11-25)32(29,30)24-9-4-2-1-3-5-14-31-20/h2,4,6-8,15-16,24H,1,3,5,9-14H2/b4-2+. The lowest BCUT2D eigenvalue weighted by molar-refractivity contribution is 0.299. The number of hydrogen-bond donors (Lipinski definition) is 1. The van der Waals surface area contributed by atoms with E-state index in [4.69, 9.17) is 16.3 Å². The smallest absolute Gasteiger partial charge is 0.316 e. The minimum Gasteiger partial charge on any atom is -0.486 e. The van der Waals surface area contributed by atoms with E-state index in [1.54, 1.807) is 30.5 Å². The van der Waals surface area contributed by atoms with Gasteiger partial charge in [-0.15, -0.1) is 0 Å². The van der Waals surface area contributed by atoms with E-state index in [9.17, 15) is 13.2 Å². The lowest BCUT2D eigenvalue weighted by Crippen LogP contribution is -2.52. The van der Waals surface area contributed by atoms with Crippen molar-refractivity contribution in [1.29, 1.82) is 0 Å². The van der Waals surface area contributed by atoms with Gasteiger partial charge in [0.25, 0.3) is 10.2 Å². The van der Waals surface area contributed by atoms with Gasteiger partial charge in [-0.2, -0.15) is 27.2 Å². The number of halogens is 1. The Balaban J connectivity index is 1.68. The molecule has 1 aromatic heterocycles. The summed E-state index contributed by atoms with van der Waals surface area (Å²) in [7, 11) is -3.55. The second-order valence-electron chi connectivity index (χ2n) is 7.61. The molecule has 0 amide bonds. The lowest BCUT2D eigenvalue weighted by Gasteiger charge is -2.35. The normalized spacial score (nSPS) is 21.0. The third-order valence-corrected chi connectivity index (χ3v) is 7.26. The molecule has 3 aliphatic heterocycles. The van der Waals surface area contributed by atoms with E-state index in [0.717, 1.165) is 19.3 Å². The summed E-state index contributed by atoms with van der Waals surface area (Å²) >= 11 is 6.09. The molecule has 1 aromatic carbocycles. The van der Waals surface area contributed by atoms with E-state index >= 15 is 0 Å². The van der Waals surface area contributed by atoms with Crippen LogP contribution in [0.3, 0.4) is 0 Å². The minimum absolute atomic E-state index is 0.219. The zero-order chi connectivity index (χ0) is 22.6. The van der Waals surface area contributed by atoms with Crippen LogP contribution < -0.4 is 19.9 Å². The van der Waals surface area contributed by atoms with E-state index in [1.165, 1.54) is 8.99 Å². The quantitative estimate of drug-likeness (QED) is 0.628. The van der Waals surface area contributed by atoms with E-state index in [0.29, 0.717) is 49.2 Å². The maximum absolute atomic E-state index is 13.3. The van der Waals surface area contributed by atoms with Crippen molar-refractivity contribution in [2.75, 3.05) is 44.2 Å². The van der Waals surface area contributed by atoms with Crippen LogP contribution in [0.4, 0.5) is 5.69 Å². The number of rotatable bonds is 1. The molecule has 172 valence electrons. The van der Waals surface area contributed by atoms with Gasteiger partial charge in [0.1, 0.15) is 5.69 Å². The third kappa shape index (κ3) is 5.15. The number of benzene rings is 1. The predicted molar refractivity (Wildman–Crippen MR) is 124 cm³/mol. The van der Waals surface area contributed by atoms with Gasteiger partial charge in [0, 0.05) is 37.7 Å². The van der Waals surface area contributed by atoms with Crippen LogP contribution in [0.15, 0.2) is 47.4 Å². The number of nitrogens with one attached hydrogen (secondary N) is 1. The van der Waals surface area contributed by atoms with Crippen LogP contribution in [0.1, 0.15) is 19.3 Å². The number of aromatic nitrogens is 2. The number of nitrogens with zero attached hydrogens (tertiary/aromatic N) is 4. The second-order valence-corrected chi connectivity index (χ2v) is 9.80. The summed E-state index contributed by atoms with van der Waals surface area (Å²) in [6, 6.07) is 6.91. The van der Waals surface area contributed by atoms with Crippen LogP contribution in [0.2, 0.25) is 5.02 Å². The highest BCUT2D eigenvalue weighted by Gasteiger charge is 2.29. The molecule has 0 aliphatic carbocycles. The Morgan fingerprint density at radius 3 is 2.69 bits per heavy atom. The van der Waals surface area contributed by atoms with Gasteiger partial charge in [-0.3, -0.25) is 4.79 Å². The van der Waals surface area contributed by atoms with Gasteiger partial charge in [-0.1, -0.05) is 29.8 Å². The predicted octanol–water partition coefficient (Wildman–Crippen LogP) is 1.96. The Kier molecular flexibility index (Phi) is 7.14. The Labute approximate surface area is 192 Å². The average molecular weight is 480 g/mol. The van der Waals surface area contributed by atoms with Gasteiger partial charge >= 0.3 is 5.56 Å². The Bertz CT molecular complexity index is 1140. The first kappa shape index (κ1) is 22.8. The first-order chi connectivity index (χ1) is 15.5. The number of anilines is 1. The fraction of sp³-hybridized carbons (Fsp3) is 0.429. The average Bonchev–Trinajstić information content (AvgIpc) is 2.78. The Morgan fingerprint density at radius 2 is 1.91 bits per heavy atom. The SMILES string of the molecule is O=c1c2c(cnn1-c1cccc(Cl)c1)N1CCN(CC1)S(=O)(=O)NC/C=C/CCCCO2. The fourth-order valence-electron chi connectivity index (χ4n) is 3.74. The number of fused-ring (bicyclic) bond motifs is 10. The lowest BCUT2D eigenvalue weighted by atomic mass is 10.2. The number of allylic oxidation sites excluding steroid dienone is 1. The molecule has 1 fully saturated rings. The van der Waals surface area contributed by atoms with E-state index in [1.807, 2.05) is 17.1 Å². The summed E-state index contributed by atoms with van der Waals surface area (Å²) in [5, 5.41) is 4.85. The summed E-state index contributed by atoms with van der Waals surface area (Å²) in [4.78, 5) is 15.3. The number of ether oxygens (including phenoxy) is 1. The van der Waals surface area contributed by atoms with Crippen molar-refractivity contribution in [2.45, 2.75) is 19.3 Å². The maximum Gasteiger partial charge on any atom is 0.316 e. The monoisotopic (exact) mass is 479 g/mol. The van der Waals surface area contributed by atoms with Gasteiger partial charge in [0.15, 0.2) is 0 Å². The van der Waals surface area contributed by atoms with Crippen LogP contribution in [-0.4, -0.2) is 61.8 Å². The summed E-state index contributed by atoms with van der Waals surface area (Å²) in [5.74, 6) is 0.219. The second kappa shape index (κ2) is 10.0. The van der Waals surface area contributed by atoms with Crippen molar-refractivity contribution in [3.8, 4) is 11.4 Å². The van der Waals surface area contributed by atoms with Crippen molar-refractivity contribution < 1.29 is 13.2 Å². The van der Waals surface area contributed by atoms with E-state index in [-0.39, 0.29) is 17.9 Å². The molecule has 0 spiro atoms. The summed E-state index contributed by atoms with van der Waals surface area (Å²) in [6.07, 6.45) is 7.81. The van der Waals surface area contributed by atoms with E-state index in [2.05, 4.69) is 9.82 Å². The number of hydrogen-bond acceptors (Lipinski definition) is 6. The van der Waals surface area contributed by atoms with Gasteiger partial charge in [-0.05, 0) is 37.5 Å². The van der Waals surface area contributed by atoms with Crippen LogP contribution in [0, 0.1) is 0 Å². The fourth-order valence-corrected chi connectivity index (χ4v) is 5.05. The van der Waals surface area contributed by atoms with Crippen molar-refractivity contribution in [3.63, 3.8) is 0 Å². The van der Waals surface area contributed by atoms with Crippen LogP contribution in [0.25, 0.3) is 5.69 Å². The third-order valence-electron chi connectivity index (χ3n) is 5.45. The van der Waals surface area contributed by atoms with E-state index < -0.39 is 10.2 Å². The molecule has 9 nitrogen and oxygen atoms in total. The molecule has 3 aliphatic rings. The summed E-state index contributed by atoms with van der Waals surface area (Å²) in [5.41, 5.74) is 0.751. The van der Waals surface area contributed by atoms with Crippen molar-refractivity contribution in [3.05, 3.63) is 58.0 Å². The number of piperazine rings is 1. The molecular formula is C21H26ClN5O4S. The Morgan fingerprint density at radius 1 is 1.09 bits per heavy atom. The van der Waals surface area contributed by atoms with Gasteiger partial charge in [0.05, 0.1) is 18.5 Å². The molecule has 2 aromatic rings. The highest BCUT2D eigenvalue weighted by molar-refractivity contribution is 7.87. The van der Waals surface area contributed by atoms with Crippen LogP contribution in [0.5, 0.6) is 5.75 Å². The molecule has 32 heavy (non-hydrogen) atoms. The van der Waals surface area contributed by atoms with Crippen molar-refractivity contribution >= 4 is 27.5 Å². The van der Waals surface area contributed by atoms with Gasteiger partial charge < -0.3 is 9.64 Å². The largest absolute Gasteiger partial charge is 0.486 e. The molecule has 0 saturated carbocycles. The molecule has 5 rings (SSSR count). The highest BCUT2D eigenvalue weighted by atomic mass is 35.5. The first-order valence-corrected chi connectivity index (χ1v) is 12.4. The summed E-state index contributed by atoms with van der Waals surface area (Å²) < 4.78 is 36.4. The molecule has 1 saturated heterocycles. The molecule has 0 radical (unpaired) electrons. The molecule has 11 heteroatoms. The molecular weight excluding hydrogens is 454 g/mol. The van der Waals surface area contributed by atoms with Crippen molar-refractivity contribution in [1.82, 2.24) is 18.8 Å². The van der Waals surface area contributed by atoms with Crippen LogP contribution >= 0.6 is 11.6 Å². The zero-order valence-corrected chi connectivity index (χ0v) is 19.2. The van der Waals surface area contributed by atoms with Crippen molar-refractivity contribution in [2.24, 2.45) is 0 Å². The molecule has 1 N–H and O–H groups in total. The molecule has 0 unspecified atom stereocenters. The van der Waals surface area contributed by atoms with Gasteiger partial charge in [-0.25, -0.2) is 0 Å². The van der Waals surface area contributed by atoms with Gasteiger partial charge in [0.2, 0.25) is 5.75 Å². The zero-order valence-electron chi connectivity index (χ0n) is 17.6. The first-order valence-electron chi connectivity index (χ1n) is 10.6. The molecule has 4 heterocycles. The Hall–Kier alpha value is -2.40. The minimum atomic E-state index is -3.55. The molecule has 2 bridgehead atoms. The summed E-state index contributed by atoms with van der Waals surface area (Å²) in [6.45, 7) is 2.13. The van der Waals surface area contributed by atoms with Crippen LogP contribution in [-0.2, 0) is 10.2 Å². The topological polar surface area (TPSA) is 96.8 Å².